The maximum Gasteiger partial charge on any atom is 0.164 e. The van der Waals surface area contributed by atoms with Crippen molar-refractivity contribution >= 4 is 22.6 Å². The van der Waals surface area contributed by atoms with Gasteiger partial charge in [-0.25, -0.2) is 14.4 Å². The fourth-order valence-electron chi connectivity index (χ4n) is 3.40. The second-order valence-corrected chi connectivity index (χ2v) is 6.94. The normalized spacial score (nSPS) is 26.6. The fourth-order valence-corrected chi connectivity index (χ4v) is 3.56. The van der Waals surface area contributed by atoms with Gasteiger partial charge in [-0.05, 0) is 25.1 Å². The van der Waals surface area contributed by atoms with E-state index < -0.39 is 36.5 Å². The zero-order valence-electron chi connectivity index (χ0n) is 14.2. The number of benzene rings is 1. The molecule has 142 valence electrons. The Morgan fingerprint density at radius 1 is 1.22 bits per heavy atom. The number of nitrogens with zero attached hydrogens (tertiary/aromatic N) is 3. The molecule has 1 saturated heterocycles. The summed E-state index contributed by atoms with van der Waals surface area (Å²) in [7, 11) is 0. The molecule has 1 aromatic carbocycles. The van der Waals surface area contributed by atoms with Crippen molar-refractivity contribution in [3.05, 3.63) is 58.9 Å². The molecule has 2 aromatic heterocycles. The standard InChI is InChI=1S/C18H17ClFN3O4/c1-8-10-4-5-23(17(10)22-7-21-8)18-15(26)14(25)16(27-18)13(24)11-3-2-9(19)6-12(11)20/h2-7,13-16,18,24-26H,1H3/t13?,14-,15+,16?,18+/m0/s1. The van der Waals surface area contributed by atoms with Crippen molar-refractivity contribution in [1.82, 2.24) is 14.5 Å². The van der Waals surface area contributed by atoms with E-state index in [1.165, 1.54) is 18.5 Å². The van der Waals surface area contributed by atoms with Crippen molar-refractivity contribution in [3.8, 4) is 0 Å². The van der Waals surface area contributed by atoms with Crippen LogP contribution in [0.2, 0.25) is 5.02 Å². The largest absolute Gasteiger partial charge is 0.387 e. The highest BCUT2D eigenvalue weighted by molar-refractivity contribution is 6.30. The molecule has 0 spiro atoms. The molecule has 1 aliphatic rings. The second-order valence-electron chi connectivity index (χ2n) is 6.50. The zero-order chi connectivity index (χ0) is 19.3. The SMILES string of the molecule is Cc1ncnc2c1ccn2[C@@H]1OC(C(O)c2ccc(Cl)cc2F)[C@@H](O)[C@H]1O. The van der Waals surface area contributed by atoms with Gasteiger partial charge < -0.3 is 24.6 Å². The highest BCUT2D eigenvalue weighted by Gasteiger charge is 2.48. The number of aromatic nitrogens is 3. The van der Waals surface area contributed by atoms with Crippen LogP contribution in [0.25, 0.3) is 11.0 Å². The average molecular weight is 394 g/mol. The number of fused-ring (bicyclic) bond motifs is 1. The number of hydrogen-bond donors (Lipinski definition) is 3. The van der Waals surface area contributed by atoms with Crippen LogP contribution >= 0.6 is 11.6 Å². The number of aliphatic hydroxyl groups is 3. The maximum absolute atomic E-state index is 14.1. The molecule has 27 heavy (non-hydrogen) atoms. The number of aliphatic hydroxyl groups excluding tert-OH is 3. The second kappa shape index (κ2) is 6.81. The van der Waals surface area contributed by atoms with Crippen LogP contribution in [0.15, 0.2) is 36.8 Å². The number of rotatable bonds is 3. The minimum absolute atomic E-state index is 0.0770. The minimum Gasteiger partial charge on any atom is -0.387 e. The molecular weight excluding hydrogens is 377 g/mol. The van der Waals surface area contributed by atoms with Gasteiger partial charge in [-0.3, -0.25) is 0 Å². The van der Waals surface area contributed by atoms with Crippen molar-refractivity contribution in [1.29, 1.82) is 0 Å². The number of halogens is 2. The molecule has 9 heteroatoms. The highest BCUT2D eigenvalue weighted by atomic mass is 35.5. The van der Waals surface area contributed by atoms with Gasteiger partial charge in [-0.2, -0.15) is 0 Å². The van der Waals surface area contributed by atoms with Crippen LogP contribution in [0, 0.1) is 12.7 Å². The molecular formula is C18H17ClFN3O4. The lowest BCUT2D eigenvalue weighted by Gasteiger charge is -2.22. The van der Waals surface area contributed by atoms with E-state index in [1.54, 1.807) is 16.8 Å². The Kier molecular flexibility index (Phi) is 4.61. The summed E-state index contributed by atoms with van der Waals surface area (Å²) in [5, 5.41) is 32.4. The Morgan fingerprint density at radius 2 is 2.00 bits per heavy atom. The van der Waals surface area contributed by atoms with Crippen LogP contribution < -0.4 is 0 Å². The Hall–Kier alpha value is -2.10. The van der Waals surface area contributed by atoms with Crippen LogP contribution in [0.4, 0.5) is 4.39 Å². The molecule has 3 heterocycles. The lowest BCUT2D eigenvalue weighted by Crippen LogP contribution is -2.35. The van der Waals surface area contributed by atoms with Crippen LogP contribution in [-0.2, 0) is 4.74 Å². The van der Waals surface area contributed by atoms with Crippen LogP contribution in [-0.4, -0.2) is 48.2 Å². The molecule has 0 amide bonds. The van der Waals surface area contributed by atoms with Gasteiger partial charge >= 0.3 is 0 Å². The van der Waals surface area contributed by atoms with Crippen LogP contribution in [0.3, 0.4) is 0 Å². The summed E-state index contributed by atoms with van der Waals surface area (Å²) in [4.78, 5) is 8.31. The Bertz CT molecular complexity index is 998. The predicted octanol–water partition coefficient (Wildman–Crippen LogP) is 1.89. The van der Waals surface area contributed by atoms with Crippen LogP contribution in [0.5, 0.6) is 0 Å². The molecule has 0 saturated carbocycles. The van der Waals surface area contributed by atoms with E-state index in [0.29, 0.717) is 5.65 Å². The topological polar surface area (TPSA) is 101 Å². The number of aryl methyl sites for hydroxylation is 1. The van der Waals surface area contributed by atoms with Crippen molar-refractivity contribution < 1.29 is 24.4 Å². The summed E-state index contributed by atoms with van der Waals surface area (Å²) in [6.45, 7) is 1.82. The monoisotopic (exact) mass is 393 g/mol. The molecule has 0 aliphatic carbocycles. The Labute approximate surface area is 158 Å². The smallest absolute Gasteiger partial charge is 0.164 e. The van der Waals surface area contributed by atoms with E-state index >= 15 is 0 Å². The lowest BCUT2D eigenvalue weighted by molar-refractivity contribution is -0.0856. The number of ether oxygens (including phenoxy) is 1. The summed E-state index contributed by atoms with van der Waals surface area (Å²) < 4.78 is 21.4. The van der Waals surface area contributed by atoms with Gasteiger partial charge in [-0.1, -0.05) is 17.7 Å². The summed E-state index contributed by atoms with van der Waals surface area (Å²) in [6, 6.07) is 5.58. The fraction of sp³-hybridized carbons (Fsp3) is 0.333. The molecule has 3 aromatic rings. The van der Waals surface area contributed by atoms with Crippen molar-refractivity contribution in [3.63, 3.8) is 0 Å². The third-order valence-electron chi connectivity index (χ3n) is 4.85. The Balaban J connectivity index is 1.67. The zero-order valence-corrected chi connectivity index (χ0v) is 15.0. The van der Waals surface area contributed by atoms with Crippen molar-refractivity contribution in [2.45, 2.75) is 37.6 Å². The van der Waals surface area contributed by atoms with Gasteiger partial charge in [0.25, 0.3) is 0 Å². The van der Waals surface area contributed by atoms with E-state index in [9.17, 15) is 19.7 Å². The molecule has 2 unspecified atom stereocenters. The van der Waals surface area contributed by atoms with Crippen molar-refractivity contribution in [2.75, 3.05) is 0 Å². The molecule has 5 atom stereocenters. The van der Waals surface area contributed by atoms with Gasteiger partial charge in [0.15, 0.2) is 6.23 Å². The molecule has 0 bridgehead atoms. The molecule has 0 radical (unpaired) electrons. The quantitative estimate of drug-likeness (QED) is 0.628. The summed E-state index contributed by atoms with van der Waals surface area (Å²) in [6.07, 6.45) is -3.45. The number of hydrogen-bond acceptors (Lipinski definition) is 6. The maximum atomic E-state index is 14.1. The first-order valence-corrected chi connectivity index (χ1v) is 8.69. The van der Waals surface area contributed by atoms with Crippen molar-refractivity contribution in [2.24, 2.45) is 0 Å². The minimum atomic E-state index is -1.49. The molecule has 7 nitrogen and oxygen atoms in total. The molecule has 1 fully saturated rings. The third kappa shape index (κ3) is 2.99. The summed E-state index contributed by atoms with van der Waals surface area (Å²) in [5.74, 6) is -0.724. The van der Waals surface area contributed by atoms with Crippen LogP contribution in [0.1, 0.15) is 23.6 Å². The molecule has 1 aliphatic heterocycles. The molecule has 4 rings (SSSR count). The van der Waals surface area contributed by atoms with Gasteiger partial charge in [0.1, 0.15) is 42.2 Å². The summed E-state index contributed by atoms with van der Waals surface area (Å²) >= 11 is 5.73. The first kappa shape index (κ1) is 18.3. The predicted molar refractivity (Wildman–Crippen MR) is 94.6 cm³/mol. The van der Waals surface area contributed by atoms with Gasteiger partial charge in [-0.15, -0.1) is 0 Å². The van der Waals surface area contributed by atoms with Gasteiger partial charge in [0, 0.05) is 22.2 Å². The summed E-state index contributed by atoms with van der Waals surface area (Å²) in [5.41, 5.74) is 1.20. The van der Waals surface area contributed by atoms with E-state index in [1.807, 2.05) is 6.92 Å². The molecule has 3 N–H and O–H groups in total. The van der Waals surface area contributed by atoms with E-state index in [0.717, 1.165) is 17.1 Å². The third-order valence-corrected chi connectivity index (χ3v) is 5.09. The van der Waals surface area contributed by atoms with E-state index in [-0.39, 0.29) is 10.6 Å². The van der Waals surface area contributed by atoms with E-state index in [2.05, 4.69) is 9.97 Å². The van der Waals surface area contributed by atoms with E-state index in [4.69, 9.17) is 16.3 Å². The first-order chi connectivity index (χ1) is 12.9. The first-order valence-electron chi connectivity index (χ1n) is 8.31. The Morgan fingerprint density at radius 3 is 2.74 bits per heavy atom. The highest BCUT2D eigenvalue weighted by Crippen LogP contribution is 2.38. The van der Waals surface area contributed by atoms with Gasteiger partial charge in [0.2, 0.25) is 0 Å². The average Bonchev–Trinajstić information content (AvgIpc) is 3.18. The van der Waals surface area contributed by atoms with Gasteiger partial charge in [0.05, 0.1) is 5.69 Å². The lowest BCUT2D eigenvalue weighted by atomic mass is 9.99.